The molecule has 7 aromatic carbocycles. The maximum Gasteiger partial charge on any atom is 0.435 e. The highest BCUT2D eigenvalue weighted by molar-refractivity contribution is 6.70. The van der Waals surface area contributed by atoms with Crippen LogP contribution in [0.3, 0.4) is 0 Å². The van der Waals surface area contributed by atoms with Crippen LogP contribution in [0.5, 0.6) is 23.0 Å². The van der Waals surface area contributed by atoms with Gasteiger partial charge in [0.1, 0.15) is 45.1 Å². The zero-order chi connectivity index (χ0) is 93.7. The number of hydrazone groups is 2. The van der Waals surface area contributed by atoms with E-state index < -0.39 is 212 Å². The first-order valence-corrected chi connectivity index (χ1v) is 38.9. The molecule has 7 aromatic rings. The molecule has 0 bridgehead atoms. The lowest BCUT2D eigenvalue weighted by atomic mass is 10.1. The summed E-state index contributed by atoms with van der Waals surface area (Å²) in [5, 5.41) is 7.17. The van der Waals surface area contributed by atoms with E-state index in [1.54, 1.807) is 0 Å². The summed E-state index contributed by atoms with van der Waals surface area (Å²) >= 11 is 33.0. The second kappa shape index (κ2) is 38.1. The molecular formula is C85H85Cl5F6N8O20. The van der Waals surface area contributed by atoms with E-state index in [2.05, 4.69) is 10.2 Å². The Morgan fingerprint density at radius 3 is 0.895 bits per heavy atom. The minimum atomic E-state index is -5.12. The minimum Gasteiger partial charge on any atom is -0.455 e. The van der Waals surface area contributed by atoms with Crippen molar-refractivity contribution in [1.29, 1.82) is 0 Å². The predicted octanol–water partition coefficient (Wildman–Crippen LogP) is 23.4. The quantitative estimate of drug-likeness (QED) is 0.0253. The van der Waals surface area contributed by atoms with Crippen molar-refractivity contribution in [3.63, 3.8) is 0 Å². The Labute approximate surface area is 733 Å². The number of halogens is 11. The fourth-order valence-electron chi connectivity index (χ4n) is 10.4. The van der Waals surface area contributed by atoms with Gasteiger partial charge in [-0.25, -0.2) is 48.4 Å². The van der Waals surface area contributed by atoms with Gasteiger partial charge in [0.25, 0.3) is 23.6 Å². The van der Waals surface area contributed by atoms with Gasteiger partial charge in [-0.3, -0.25) is 28.8 Å². The number of benzene rings is 7. The van der Waals surface area contributed by atoms with Crippen LogP contribution in [-0.2, 0) is 60.0 Å². The molecule has 0 heterocycles. The summed E-state index contributed by atoms with van der Waals surface area (Å²) in [7, 11) is 0. The van der Waals surface area contributed by atoms with Crippen LogP contribution in [0, 0.1) is 6.92 Å². The van der Waals surface area contributed by atoms with Crippen LogP contribution >= 0.6 is 58.0 Å². The van der Waals surface area contributed by atoms with E-state index in [1.807, 2.05) is 0 Å². The Balaban J connectivity index is 1.44. The van der Waals surface area contributed by atoms with Gasteiger partial charge >= 0.3 is 48.9 Å². The average molecular weight is 1830 g/mol. The molecule has 0 saturated heterocycles. The molecule has 28 nitrogen and oxygen atoms in total. The van der Waals surface area contributed by atoms with Gasteiger partial charge in [0.15, 0.2) is 34.5 Å². The summed E-state index contributed by atoms with van der Waals surface area (Å²) in [6.07, 6.45) is -19.9. The van der Waals surface area contributed by atoms with Gasteiger partial charge < -0.3 is 37.9 Å². The lowest BCUT2D eigenvalue weighted by molar-refractivity contribution is -0.138. The van der Waals surface area contributed by atoms with Crippen LogP contribution in [0.15, 0.2) is 144 Å². The van der Waals surface area contributed by atoms with Crippen LogP contribution < -0.4 is 39.1 Å². The smallest absolute Gasteiger partial charge is 0.435 e. The molecule has 10 amide bonds. The number of ketones is 2. The molecule has 0 radical (unpaired) electrons. The van der Waals surface area contributed by atoms with Gasteiger partial charge in [0, 0.05) is 35.0 Å². The summed E-state index contributed by atoms with van der Waals surface area (Å²) in [6, 6.07) is 21.5. The van der Waals surface area contributed by atoms with Crippen LogP contribution in [0.25, 0.3) is 0 Å². The number of anilines is 6. The largest absolute Gasteiger partial charge is 0.455 e. The number of ether oxygens (including phenoxy) is 8. The van der Waals surface area contributed by atoms with E-state index in [4.69, 9.17) is 95.9 Å². The van der Waals surface area contributed by atoms with E-state index in [0.29, 0.717) is 24.3 Å². The van der Waals surface area contributed by atoms with Crippen molar-refractivity contribution < 1.29 is 122 Å². The molecule has 0 spiro atoms. The number of imide groups is 4. The van der Waals surface area contributed by atoms with Crippen molar-refractivity contribution in [2.75, 3.05) is 29.6 Å². The monoisotopic (exact) mass is 1830 g/mol. The molecule has 0 aromatic heterocycles. The second-order valence-corrected chi connectivity index (χ2v) is 35.1. The topological polar surface area (TPSA) is 323 Å². The molecule has 0 aliphatic heterocycles. The van der Waals surface area contributed by atoms with Crippen LogP contribution in [0.1, 0.15) is 176 Å². The molecule has 0 saturated carbocycles. The maximum absolute atomic E-state index is 15.7. The number of carbonyl (C=O) groups excluding carboxylic acids is 12. The zero-order valence-corrected chi connectivity index (χ0v) is 74.4. The van der Waals surface area contributed by atoms with Gasteiger partial charge in [0.05, 0.1) is 60.3 Å². The fourth-order valence-corrected chi connectivity index (χ4v) is 11.3. The SMILES string of the molecule is CC(=O)C(=NN(C(=O)OC(C)(C)C)c1cc(C(=O)N(C(=O)OC(C)(C)C)c2cc(C(F)(F)F)ccc2Oc2ccc(Cl)cc2)ccc1Cl)C(=O)N(C(=O)OC(C)(C)C)c1cc(Cl)c(N(C(=O)OC(C)(C)C)C(=O)C(=NN(C(=O)OC(C)(C)C)c2cc(C(=O)N(C(=O)OC(C)(C)C)c3cc(C(F)(F)F)ccc3Oc3ccc(Cl)cc3)ccc2Cl)C(C)=O)cc1C. The van der Waals surface area contributed by atoms with Crippen molar-refractivity contribution in [3.05, 3.63) is 186 Å². The first-order chi connectivity index (χ1) is 56.7. The van der Waals surface area contributed by atoms with E-state index >= 15 is 19.2 Å². The molecule has 0 fully saturated rings. The number of aryl methyl sites for hydroxylation is 1. The zero-order valence-electron chi connectivity index (χ0n) is 70.6. The van der Waals surface area contributed by atoms with E-state index in [9.17, 15) is 64.7 Å². The number of amides is 10. The molecule has 0 atom stereocenters. The van der Waals surface area contributed by atoms with Gasteiger partial charge in [0.2, 0.25) is 0 Å². The van der Waals surface area contributed by atoms with Crippen LogP contribution in [0.2, 0.25) is 25.1 Å². The standard InChI is InChI=1S/C85H85Cl5F6N8O20/c1-44-38-59(100(73(112)120-79(7,8)9)71(110)67(46(3)106)98-104(77(116)124-83(19,20)21)61-40-48(23-35-56(61)89)69(108)102(75(114)122-81(13,14)15)63-42-50(85(94,95)96)25-37-65(63)118-54-32-28-52(87)29-33-54)57(90)43-58(44)99(72(111)119-78(4,5)6)70(109)66(45(2)105)97-103(76(115)123-82(16,17)18)60-39-47(22-34-55(60)88)68(107)101(74(113)121-80(10,11)12)62-41-49(84(91,92)93)24-36-64(62)117-53-30-26-51(86)27-31-53/h22-43H,1-21H3. The average Bonchev–Trinajstić information content (AvgIpc) is 0.773. The lowest BCUT2D eigenvalue weighted by Gasteiger charge is -2.30. The highest BCUT2D eigenvalue weighted by Crippen LogP contribution is 2.45. The number of hydrogen-bond donors (Lipinski definition) is 0. The van der Waals surface area contributed by atoms with Crippen molar-refractivity contribution in [3.8, 4) is 23.0 Å². The van der Waals surface area contributed by atoms with Crippen LogP contribution in [0.4, 0.5) is 89.2 Å². The maximum atomic E-state index is 15.7. The molecule has 7 rings (SSSR count). The third-order valence-corrected chi connectivity index (χ3v) is 16.9. The highest BCUT2D eigenvalue weighted by atomic mass is 35.5. The number of nitrogens with zero attached hydrogens (tertiary/aromatic N) is 8. The van der Waals surface area contributed by atoms with Crippen molar-refractivity contribution in [1.82, 2.24) is 0 Å². The predicted molar refractivity (Wildman–Crippen MR) is 452 cm³/mol. The summed E-state index contributed by atoms with van der Waals surface area (Å²) in [4.78, 5) is 180. The van der Waals surface area contributed by atoms with Crippen molar-refractivity contribution in [2.24, 2.45) is 10.2 Å². The molecule has 0 aliphatic rings. The molecule has 39 heteroatoms. The number of Topliss-reactive ketones (excluding diaryl/α,β-unsaturated/α-hetero) is 2. The second-order valence-electron chi connectivity index (χ2n) is 33.0. The van der Waals surface area contributed by atoms with Gasteiger partial charge in [-0.05, 0) is 271 Å². The van der Waals surface area contributed by atoms with Gasteiger partial charge in [-0.1, -0.05) is 58.0 Å². The Kier molecular flexibility index (Phi) is 30.5. The summed E-state index contributed by atoms with van der Waals surface area (Å²) in [6.45, 7) is 27.2. The van der Waals surface area contributed by atoms with Gasteiger partial charge in [-0.2, -0.15) is 46.6 Å². The summed E-state index contributed by atoms with van der Waals surface area (Å²) in [5.74, 6) is -10.5. The summed E-state index contributed by atoms with van der Waals surface area (Å²) < 4.78 is 134. The third kappa shape index (κ3) is 26.6. The minimum absolute atomic E-state index is 0.0410. The molecule has 0 N–H and O–H groups in total. The van der Waals surface area contributed by atoms with E-state index in [-0.39, 0.29) is 56.7 Å². The molecule has 0 aliphatic carbocycles. The Bertz CT molecular complexity index is 5120. The molecule has 124 heavy (non-hydrogen) atoms. The van der Waals surface area contributed by atoms with E-state index in [0.717, 1.165) is 81.4 Å². The van der Waals surface area contributed by atoms with Crippen molar-refractivity contribution in [2.45, 2.75) is 191 Å². The molecule has 0 unspecified atom stereocenters. The number of rotatable bonds is 18. The number of hydrogen-bond acceptors (Lipinski definition) is 22. The first-order valence-electron chi connectivity index (χ1n) is 37.0. The number of alkyl halides is 6. The number of carbonyl (C=O) groups is 12. The highest BCUT2D eigenvalue weighted by Gasteiger charge is 2.44. The molecular weight excluding hydrogens is 1740 g/mol. The first kappa shape index (κ1) is 99.3. The van der Waals surface area contributed by atoms with Gasteiger partial charge in [-0.15, -0.1) is 0 Å². The Morgan fingerprint density at radius 1 is 0.315 bits per heavy atom. The van der Waals surface area contributed by atoms with E-state index in [1.165, 1.54) is 173 Å². The third-order valence-electron chi connectivity index (χ3n) is 15.4. The summed E-state index contributed by atoms with van der Waals surface area (Å²) in [5.41, 5.74) is -21.0. The van der Waals surface area contributed by atoms with Crippen molar-refractivity contribution >= 4 is 175 Å². The normalized spacial score (nSPS) is 12.4. The molecule has 662 valence electrons. The lowest BCUT2D eigenvalue weighted by Crippen LogP contribution is -2.48. The Hall–Kier alpha value is -11.9. The fraction of sp³-hybridized carbons (Fsp3) is 0.341. The Morgan fingerprint density at radius 2 is 0.605 bits per heavy atom. The van der Waals surface area contributed by atoms with Crippen LogP contribution in [-0.4, -0.2) is 117 Å².